The lowest BCUT2D eigenvalue weighted by Crippen LogP contribution is -2.42. The summed E-state index contributed by atoms with van der Waals surface area (Å²) in [6.07, 6.45) is 1.87. The van der Waals surface area contributed by atoms with Crippen molar-refractivity contribution in [2.75, 3.05) is 33.4 Å². The smallest absolute Gasteiger partial charge is 0.0501 e. The molecule has 0 aromatic heterocycles. The van der Waals surface area contributed by atoms with Gasteiger partial charge >= 0.3 is 0 Å². The molecule has 0 spiro atoms. The number of aliphatic hydroxyl groups excluding tert-OH is 1. The predicted octanol–water partition coefficient (Wildman–Crippen LogP) is 2.56. The van der Waals surface area contributed by atoms with Gasteiger partial charge in [-0.05, 0) is 37.6 Å². The Labute approximate surface area is 120 Å². The van der Waals surface area contributed by atoms with Crippen molar-refractivity contribution < 1.29 is 9.84 Å². The van der Waals surface area contributed by atoms with Crippen LogP contribution in [0, 0.1) is 5.41 Å². The fourth-order valence-electron chi connectivity index (χ4n) is 2.75. The maximum absolute atomic E-state index is 9.70. The first-order valence-corrected chi connectivity index (χ1v) is 7.13. The average molecular weight is 284 g/mol. The normalized spacial score (nSPS) is 18.7. The van der Waals surface area contributed by atoms with E-state index in [2.05, 4.69) is 18.0 Å². The first-order valence-electron chi connectivity index (χ1n) is 6.75. The van der Waals surface area contributed by atoms with Gasteiger partial charge in [-0.2, -0.15) is 0 Å². The van der Waals surface area contributed by atoms with Crippen LogP contribution >= 0.6 is 11.6 Å². The molecule has 0 bridgehead atoms. The lowest BCUT2D eigenvalue weighted by Gasteiger charge is -2.38. The van der Waals surface area contributed by atoms with Gasteiger partial charge in [0, 0.05) is 36.7 Å². The first kappa shape index (κ1) is 14.8. The quantitative estimate of drug-likeness (QED) is 0.901. The van der Waals surface area contributed by atoms with Gasteiger partial charge in [-0.15, -0.1) is 0 Å². The van der Waals surface area contributed by atoms with Gasteiger partial charge in [-0.3, -0.25) is 0 Å². The standard InChI is InChI=1S/C15H22ClNO2/c1-17(10-13-3-2-4-14(16)9-13)11-15(12-18)5-7-19-8-6-15/h2-4,9,18H,5-8,10-12H2,1H3. The number of nitrogens with zero attached hydrogens (tertiary/aromatic N) is 1. The van der Waals surface area contributed by atoms with E-state index >= 15 is 0 Å². The van der Waals surface area contributed by atoms with Crippen molar-refractivity contribution in [1.29, 1.82) is 0 Å². The SMILES string of the molecule is CN(Cc1cccc(Cl)c1)CC1(CO)CCOCC1. The van der Waals surface area contributed by atoms with E-state index in [9.17, 15) is 5.11 Å². The molecular weight excluding hydrogens is 262 g/mol. The zero-order valence-corrected chi connectivity index (χ0v) is 12.2. The van der Waals surface area contributed by atoms with Crippen LogP contribution in [0.25, 0.3) is 0 Å². The molecule has 0 unspecified atom stereocenters. The molecule has 2 rings (SSSR count). The lowest BCUT2D eigenvalue weighted by atomic mass is 9.80. The summed E-state index contributed by atoms with van der Waals surface area (Å²) >= 11 is 6.00. The van der Waals surface area contributed by atoms with Gasteiger partial charge in [0.1, 0.15) is 0 Å². The summed E-state index contributed by atoms with van der Waals surface area (Å²) in [5.74, 6) is 0. The highest BCUT2D eigenvalue weighted by Crippen LogP contribution is 2.31. The van der Waals surface area contributed by atoms with E-state index in [1.165, 1.54) is 5.56 Å². The summed E-state index contributed by atoms with van der Waals surface area (Å²) in [5.41, 5.74) is 1.20. The van der Waals surface area contributed by atoms with Crippen LogP contribution in [-0.2, 0) is 11.3 Å². The molecule has 0 radical (unpaired) electrons. The van der Waals surface area contributed by atoms with E-state index in [1.807, 2.05) is 18.2 Å². The molecule has 1 aromatic carbocycles. The lowest BCUT2D eigenvalue weighted by molar-refractivity contribution is -0.0318. The minimum Gasteiger partial charge on any atom is -0.396 e. The summed E-state index contributed by atoms with van der Waals surface area (Å²) in [5, 5.41) is 10.5. The molecule has 1 N–H and O–H groups in total. The van der Waals surface area contributed by atoms with Crippen LogP contribution in [-0.4, -0.2) is 43.4 Å². The van der Waals surface area contributed by atoms with E-state index in [0.29, 0.717) is 0 Å². The Morgan fingerprint density at radius 1 is 1.37 bits per heavy atom. The van der Waals surface area contributed by atoms with E-state index in [0.717, 1.165) is 44.2 Å². The fourth-order valence-corrected chi connectivity index (χ4v) is 2.96. The molecule has 3 nitrogen and oxygen atoms in total. The van der Waals surface area contributed by atoms with Crippen LogP contribution in [0.5, 0.6) is 0 Å². The van der Waals surface area contributed by atoms with E-state index in [-0.39, 0.29) is 12.0 Å². The van der Waals surface area contributed by atoms with Gasteiger partial charge in [-0.25, -0.2) is 0 Å². The van der Waals surface area contributed by atoms with Crippen molar-refractivity contribution in [3.63, 3.8) is 0 Å². The highest BCUT2D eigenvalue weighted by Gasteiger charge is 2.33. The second-order valence-electron chi connectivity index (χ2n) is 5.57. The number of rotatable bonds is 5. The molecule has 19 heavy (non-hydrogen) atoms. The Bertz CT molecular complexity index is 405. The van der Waals surface area contributed by atoms with Gasteiger partial charge in [0.25, 0.3) is 0 Å². The Morgan fingerprint density at radius 3 is 2.74 bits per heavy atom. The zero-order chi connectivity index (χ0) is 13.7. The van der Waals surface area contributed by atoms with Crippen molar-refractivity contribution in [2.45, 2.75) is 19.4 Å². The van der Waals surface area contributed by atoms with Crippen LogP contribution in [0.4, 0.5) is 0 Å². The zero-order valence-electron chi connectivity index (χ0n) is 11.4. The van der Waals surface area contributed by atoms with Gasteiger partial charge in [0.05, 0.1) is 6.61 Å². The second kappa shape index (κ2) is 6.71. The predicted molar refractivity (Wildman–Crippen MR) is 77.4 cm³/mol. The summed E-state index contributed by atoms with van der Waals surface area (Å²) in [7, 11) is 2.09. The third-order valence-corrected chi connectivity index (χ3v) is 4.07. The highest BCUT2D eigenvalue weighted by molar-refractivity contribution is 6.30. The maximum atomic E-state index is 9.70. The molecular formula is C15H22ClNO2. The molecule has 0 amide bonds. The number of aliphatic hydroxyl groups is 1. The van der Waals surface area contributed by atoms with Crippen LogP contribution in [0.15, 0.2) is 24.3 Å². The molecule has 106 valence electrons. The van der Waals surface area contributed by atoms with Crippen molar-refractivity contribution in [3.05, 3.63) is 34.9 Å². The Morgan fingerprint density at radius 2 is 2.11 bits per heavy atom. The molecule has 1 aliphatic heterocycles. The number of hydrogen-bond acceptors (Lipinski definition) is 3. The van der Waals surface area contributed by atoms with Gasteiger partial charge in [-0.1, -0.05) is 23.7 Å². The fraction of sp³-hybridized carbons (Fsp3) is 0.600. The van der Waals surface area contributed by atoms with Gasteiger partial charge < -0.3 is 14.7 Å². The molecule has 1 saturated heterocycles. The average Bonchev–Trinajstić information content (AvgIpc) is 2.39. The molecule has 1 fully saturated rings. The number of halogens is 1. The largest absolute Gasteiger partial charge is 0.396 e. The van der Waals surface area contributed by atoms with Crippen LogP contribution in [0.1, 0.15) is 18.4 Å². The van der Waals surface area contributed by atoms with Crippen molar-refractivity contribution >= 4 is 11.6 Å². The van der Waals surface area contributed by atoms with Gasteiger partial charge in [0.2, 0.25) is 0 Å². The molecule has 1 aromatic rings. The Kier molecular flexibility index (Phi) is 5.22. The van der Waals surface area contributed by atoms with Crippen molar-refractivity contribution in [1.82, 2.24) is 4.90 Å². The van der Waals surface area contributed by atoms with Crippen LogP contribution in [0.2, 0.25) is 5.02 Å². The molecule has 4 heteroatoms. The van der Waals surface area contributed by atoms with E-state index < -0.39 is 0 Å². The third-order valence-electron chi connectivity index (χ3n) is 3.84. The minimum absolute atomic E-state index is 0.00836. The van der Waals surface area contributed by atoms with Gasteiger partial charge in [0.15, 0.2) is 0 Å². The summed E-state index contributed by atoms with van der Waals surface area (Å²) < 4.78 is 5.40. The monoisotopic (exact) mass is 283 g/mol. The maximum Gasteiger partial charge on any atom is 0.0501 e. The minimum atomic E-state index is -0.00836. The van der Waals surface area contributed by atoms with Crippen LogP contribution < -0.4 is 0 Å². The molecule has 1 heterocycles. The number of hydrogen-bond donors (Lipinski definition) is 1. The highest BCUT2D eigenvalue weighted by atomic mass is 35.5. The number of benzene rings is 1. The summed E-state index contributed by atoms with van der Waals surface area (Å²) in [6, 6.07) is 7.94. The molecule has 1 aliphatic rings. The first-order chi connectivity index (χ1) is 9.13. The summed E-state index contributed by atoms with van der Waals surface area (Å²) in [4.78, 5) is 2.26. The second-order valence-corrected chi connectivity index (χ2v) is 6.01. The topological polar surface area (TPSA) is 32.7 Å². The van der Waals surface area contributed by atoms with Crippen LogP contribution in [0.3, 0.4) is 0 Å². The van der Waals surface area contributed by atoms with Crippen molar-refractivity contribution in [2.24, 2.45) is 5.41 Å². The van der Waals surface area contributed by atoms with Crippen molar-refractivity contribution in [3.8, 4) is 0 Å². The number of ether oxygens (including phenoxy) is 1. The Balaban J connectivity index is 1.94. The molecule has 0 atom stereocenters. The van der Waals surface area contributed by atoms with E-state index in [4.69, 9.17) is 16.3 Å². The molecule has 0 saturated carbocycles. The summed E-state index contributed by atoms with van der Waals surface area (Å²) in [6.45, 7) is 3.48. The molecule has 0 aliphatic carbocycles. The Hall–Kier alpha value is -0.610. The van der Waals surface area contributed by atoms with E-state index in [1.54, 1.807) is 0 Å². The third kappa shape index (κ3) is 4.18.